The van der Waals surface area contributed by atoms with E-state index in [4.69, 9.17) is 9.47 Å². The highest BCUT2D eigenvalue weighted by Crippen LogP contribution is 2.30. The number of benzene rings is 1. The molecule has 2 aromatic rings. The average Bonchev–Trinajstić information content (AvgIpc) is 3.23. The van der Waals surface area contributed by atoms with Gasteiger partial charge in [-0.3, -0.25) is 4.79 Å². The Morgan fingerprint density at radius 3 is 2.71 bits per heavy atom. The van der Waals surface area contributed by atoms with Gasteiger partial charge in [-0.05, 0) is 55.5 Å². The molecule has 1 aromatic heterocycles. The summed E-state index contributed by atoms with van der Waals surface area (Å²) in [5.41, 5.74) is 1.25. The van der Waals surface area contributed by atoms with E-state index in [0.717, 1.165) is 43.9 Å². The number of amides is 1. The molecule has 3 rings (SSSR count). The van der Waals surface area contributed by atoms with Crippen LogP contribution in [0.15, 0.2) is 36.5 Å². The lowest BCUT2D eigenvalue weighted by atomic mass is 10.1. The van der Waals surface area contributed by atoms with E-state index in [1.165, 1.54) is 0 Å². The Morgan fingerprint density at radius 1 is 1.21 bits per heavy atom. The van der Waals surface area contributed by atoms with Crippen molar-refractivity contribution in [2.24, 2.45) is 5.92 Å². The molecule has 0 radical (unpaired) electrons. The second kappa shape index (κ2) is 9.44. The Balaban J connectivity index is 1.72. The Morgan fingerprint density at radius 2 is 2.00 bits per heavy atom. The molecule has 1 aliphatic heterocycles. The number of hydrogen-bond acceptors (Lipinski definition) is 5. The molecule has 0 unspecified atom stereocenters. The molecule has 0 bridgehead atoms. The summed E-state index contributed by atoms with van der Waals surface area (Å²) in [4.78, 5) is 19.5. The zero-order valence-corrected chi connectivity index (χ0v) is 16.9. The quantitative estimate of drug-likeness (QED) is 0.733. The number of nitrogens with zero attached hydrogens (tertiary/aromatic N) is 2. The number of pyridine rings is 1. The standard InChI is InChI=1S/C22H29N3O3/c1-16(2)10-14-28-19-9-8-17(15-20(19)27-3)22(26)24-18-7-6-11-23-21(18)25-12-4-5-13-25/h6-9,11,15-16H,4-5,10,12-14H2,1-3H3,(H,24,26). The summed E-state index contributed by atoms with van der Waals surface area (Å²) in [7, 11) is 1.58. The Kier molecular flexibility index (Phi) is 6.74. The number of anilines is 2. The van der Waals surface area contributed by atoms with E-state index in [9.17, 15) is 4.79 Å². The van der Waals surface area contributed by atoms with Gasteiger partial charge in [-0.25, -0.2) is 4.98 Å². The topological polar surface area (TPSA) is 63.7 Å². The SMILES string of the molecule is COc1cc(C(=O)Nc2cccnc2N2CCCC2)ccc1OCCC(C)C. The van der Waals surface area contributed by atoms with Crippen molar-refractivity contribution in [3.05, 3.63) is 42.1 Å². The summed E-state index contributed by atoms with van der Waals surface area (Å²) >= 11 is 0. The lowest BCUT2D eigenvalue weighted by molar-refractivity contribution is 0.102. The molecule has 2 heterocycles. The maximum atomic E-state index is 12.8. The molecule has 1 saturated heterocycles. The highest BCUT2D eigenvalue weighted by molar-refractivity contribution is 6.06. The number of aromatic nitrogens is 1. The molecule has 150 valence electrons. The molecular weight excluding hydrogens is 354 g/mol. The molecule has 1 N–H and O–H groups in total. The molecule has 1 aliphatic rings. The number of rotatable bonds is 8. The van der Waals surface area contributed by atoms with E-state index < -0.39 is 0 Å². The number of methoxy groups -OCH3 is 1. The van der Waals surface area contributed by atoms with Gasteiger partial charge in [-0.15, -0.1) is 0 Å². The van der Waals surface area contributed by atoms with Crippen LogP contribution in [-0.4, -0.2) is 37.7 Å². The summed E-state index contributed by atoms with van der Waals surface area (Å²) in [5.74, 6) is 2.41. The minimum absolute atomic E-state index is 0.194. The minimum Gasteiger partial charge on any atom is -0.493 e. The minimum atomic E-state index is -0.194. The third-order valence-electron chi connectivity index (χ3n) is 4.82. The van der Waals surface area contributed by atoms with Gasteiger partial charge in [0.1, 0.15) is 0 Å². The van der Waals surface area contributed by atoms with E-state index in [2.05, 4.69) is 29.0 Å². The van der Waals surface area contributed by atoms with Crippen molar-refractivity contribution in [2.75, 3.05) is 37.0 Å². The molecule has 0 aliphatic carbocycles. The average molecular weight is 383 g/mol. The fourth-order valence-electron chi connectivity index (χ4n) is 3.20. The molecule has 1 aromatic carbocycles. The van der Waals surface area contributed by atoms with Gasteiger partial charge in [0.15, 0.2) is 17.3 Å². The number of carbonyl (C=O) groups excluding carboxylic acids is 1. The predicted molar refractivity (Wildman–Crippen MR) is 112 cm³/mol. The monoisotopic (exact) mass is 383 g/mol. The van der Waals surface area contributed by atoms with Crippen LogP contribution in [0.3, 0.4) is 0 Å². The maximum Gasteiger partial charge on any atom is 0.255 e. The van der Waals surface area contributed by atoms with Crippen LogP contribution < -0.4 is 19.7 Å². The summed E-state index contributed by atoms with van der Waals surface area (Å²) in [6.07, 6.45) is 5.03. The van der Waals surface area contributed by atoms with Gasteiger partial charge in [0.25, 0.3) is 5.91 Å². The Labute approximate surface area is 166 Å². The third-order valence-corrected chi connectivity index (χ3v) is 4.82. The van der Waals surface area contributed by atoms with Gasteiger partial charge in [-0.2, -0.15) is 0 Å². The first-order chi connectivity index (χ1) is 13.6. The molecule has 1 amide bonds. The van der Waals surface area contributed by atoms with Gasteiger partial charge >= 0.3 is 0 Å². The summed E-state index contributed by atoms with van der Waals surface area (Å²) in [6.45, 7) is 6.87. The Hall–Kier alpha value is -2.76. The van der Waals surface area contributed by atoms with Crippen LogP contribution in [0.4, 0.5) is 11.5 Å². The van der Waals surface area contributed by atoms with Gasteiger partial charge in [0.05, 0.1) is 19.4 Å². The molecular formula is C22H29N3O3. The predicted octanol–water partition coefficient (Wildman–Crippen LogP) is 4.37. The van der Waals surface area contributed by atoms with E-state index >= 15 is 0 Å². The fraction of sp³-hybridized carbons (Fsp3) is 0.455. The van der Waals surface area contributed by atoms with Crippen molar-refractivity contribution in [3.63, 3.8) is 0 Å². The smallest absolute Gasteiger partial charge is 0.255 e. The number of carbonyl (C=O) groups is 1. The van der Waals surface area contributed by atoms with E-state index in [1.807, 2.05) is 12.1 Å². The van der Waals surface area contributed by atoms with Crippen LogP contribution >= 0.6 is 0 Å². The second-order valence-corrected chi connectivity index (χ2v) is 7.42. The first-order valence-electron chi connectivity index (χ1n) is 9.90. The van der Waals surface area contributed by atoms with Crippen LogP contribution in [0.2, 0.25) is 0 Å². The Bertz CT molecular complexity index is 801. The van der Waals surface area contributed by atoms with Crippen LogP contribution in [0.5, 0.6) is 11.5 Å². The van der Waals surface area contributed by atoms with Crippen molar-refractivity contribution < 1.29 is 14.3 Å². The molecule has 1 fully saturated rings. The molecule has 0 atom stereocenters. The fourth-order valence-corrected chi connectivity index (χ4v) is 3.20. The lowest BCUT2D eigenvalue weighted by Crippen LogP contribution is -2.22. The molecule has 6 nitrogen and oxygen atoms in total. The second-order valence-electron chi connectivity index (χ2n) is 7.42. The zero-order chi connectivity index (χ0) is 19.9. The molecule has 0 spiro atoms. The number of ether oxygens (including phenoxy) is 2. The third kappa shape index (κ3) is 4.94. The van der Waals surface area contributed by atoms with Crippen LogP contribution in [0.25, 0.3) is 0 Å². The van der Waals surface area contributed by atoms with Gasteiger partial charge < -0.3 is 19.7 Å². The van der Waals surface area contributed by atoms with Crippen molar-refractivity contribution in [1.82, 2.24) is 4.98 Å². The van der Waals surface area contributed by atoms with Crippen molar-refractivity contribution >= 4 is 17.4 Å². The van der Waals surface area contributed by atoms with Crippen molar-refractivity contribution in [1.29, 1.82) is 0 Å². The van der Waals surface area contributed by atoms with Crippen LogP contribution in [-0.2, 0) is 0 Å². The molecule has 28 heavy (non-hydrogen) atoms. The van der Waals surface area contributed by atoms with Gasteiger partial charge in [-0.1, -0.05) is 13.8 Å². The van der Waals surface area contributed by atoms with E-state index in [-0.39, 0.29) is 5.91 Å². The molecule has 0 saturated carbocycles. The molecule has 6 heteroatoms. The summed E-state index contributed by atoms with van der Waals surface area (Å²) < 4.78 is 11.2. The highest BCUT2D eigenvalue weighted by atomic mass is 16.5. The van der Waals surface area contributed by atoms with Gasteiger partial charge in [0.2, 0.25) is 0 Å². The number of nitrogens with one attached hydrogen (secondary N) is 1. The summed E-state index contributed by atoms with van der Waals surface area (Å²) in [6, 6.07) is 8.99. The lowest BCUT2D eigenvalue weighted by Gasteiger charge is -2.20. The highest BCUT2D eigenvalue weighted by Gasteiger charge is 2.19. The van der Waals surface area contributed by atoms with E-state index in [0.29, 0.717) is 29.6 Å². The zero-order valence-electron chi connectivity index (χ0n) is 16.9. The van der Waals surface area contributed by atoms with Gasteiger partial charge in [0, 0.05) is 24.8 Å². The normalized spacial score (nSPS) is 13.6. The first kappa shape index (κ1) is 20.0. The van der Waals surface area contributed by atoms with Crippen LogP contribution in [0, 0.1) is 5.92 Å². The van der Waals surface area contributed by atoms with Crippen LogP contribution in [0.1, 0.15) is 43.5 Å². The van der Waals surface area contributed by atoms with Crippen molar-refractivity contribution in [3.8, 4) is 11.5 Å². The largest absolute Gasteiger partial charge is 0.493 e. The summed E-state index contributed by atoms with van der Waals surface area (Å²) in [5, 5.41) is 2.99. The maximum absolute atomic E-state index is 12.8. The van der Waals surface area contributed by atoms with E-state index in [1.54, 1.807) is 31.5 Å². The number of hydrogen-bond donors (Lipinski definition) is 1. The van der Waals surface area contributed by atoms with Crippen molar-refractivity contribution in [2.45, 2.75) is 33.1 Å². The first-order valence-corrected chi connectivity index (χ1v) is 9.90.